The minimum absolute atomic E-state index is 0.929. The Hall–Kier alpha value is -1.70. The van der Waals surface area contributed by atoms with Crippen molar-refractivity contribution in [2.24, 2.45) is 4.99 Å². The molecule has 0 saturated carbocycles. The first kappa shape index (κ1) is 13.3. The van der Waals surface area contributed by atoms with E-state index in [2.05, 4.69) is 16.6 Å². The first-order valence-electron chi connectivity index (χ1n) is 5.06. The lowest BCUT2D eigenvalue weighted by molar-refractivity contribution is 1.32. The average molecular weight is 202 g/mol. The van der Waals surface area contributed by atoms with Gasteiger partial charge in [0.2, 0.25) is 0 Å². The Morgan fingerprint density at radius 3 is 2.73 bits per heavy atom. The molecule has 0 fully saturated rings. The molecule has 0 atom stereocenters. The summed E-state index contributed by atoms with van der Waals surface area (Å²) in [5, 5.41) is 0. The summed E-state index contributed by atoms with van der Waals surface area (Å²) in [5.41, 5.74) is 2.00. The van der Waals surface area contributed by atoms with E-state index in [1.807, 2.05) is 45.1 Å². The largest absolute Gasteiger partial charge is 0.264 e. The van der Waals surface area contributed by atoms with Crippen molar-refractivity contribution in [3.8, 4) is 0 Å². The molecule has 1 aromatic rings. The summed E-state index contributed by atoms with van der Waals surface area (Å²) in [5.74, 6) is 0. The Labute approximate surface area is 92.1 Å². The van der Waals surface area contributed by atoms with Crippen LogP contribution >= 0.6 is 0 Å². The molecule has 1 aromatic heterocycles. The Morgan fingerprint density at radius 1 is 1.47 bits per heavy atom. The number of rotatable bonds is 3. The maximum absolute atomic E-state index is 4.01. The van der Waals surface area contributed by atoms with Crippen molar-refractivity contribution in [3.05, 3.63) is 48.9 Å². The minimum Gasteiger partial charge on any atom is -0.264 e. The number of nitrogens with zero attached hydrogens (tertiary/aromatic N) is 2. The predicted octanol–water partition coefficient (Wildman–Crippen LogP) is 3.73. The molecule has 0 aromatic carbocycles. The van der Waals surface area contributed by atoms with Crippen LogP contribution in [0.4, 0.5) is 0 Å². The minimum atomic E-state index is 0.929. The van der Waals surface area contributed by atoms with Crippen LogP contribution in [0.1, 0.15) is 26.3 Å². The zero-order valence-corrected chi connectivity index (χ0v) is 9.64. The van der Waals surface area contributed by atoms with Crippen molar-refractivity contribution in [1.82, 2.24) is 4.98 Å². The molecule has 0 unspecified atom stereocenters. The van der Waals surface area contributed by atoms with Gasteiger partial charge in [0.25, 0.3) is 0 Å². The molecule has 1 heterocycles. The molecule has 0 aliphatic rings. The molecule has 0 radical (unpaired) electrons. The molecule has 2 nitrogen and oxygen atoms in total. The third-order valence-corrected chi connectivity index (χ3v) is 1.50. The number of aliphatic imine (C=N–C) groups is 1. The van der Waals surface area contributed by atoms with Crippen molar-refractivity contribution >= 4 is 11.8 Å². The molecule has 15 heavy (non-hydrogen) atoms. The molecule has 1 rings (SSSR count). The van der Waals surface area contributed by atoms with E-state index in [1.165, 1.54) is 6.20 Å². The fourth-order valence-electron chi connectivity index (χ4n) is 0.878. The highest BCUT2D eigenvalue weighted by Gasteiger charge is 1.84. The molecule has 2 heteroatoms. The van der Waals surface area contributed by atoms with Gasteiger partial charge in [0, 0.05) is 24.3 Å². The second kappa shape index (κ2) is 8.88. The molecule has 0 saturated heterocycles. The fraction of sp³-hybridized carbons (Fsp3) is 0.231. The standard InChI is InChI=1S/C11H12N2.C2H6/c1-3-13-10(2)6-7-11-5-4-8-12-9-11;1-2/h3-9H,1H2,2H3;1-2H3/b7-6+,13-10?;. The molecule has 80 valence electrons. The van der Waals surface area contributed by atoms with Gasteiger partial charge in [-0.1, -0.05) is 32.6 Å². The normalized spacial score (nSPS) is 10.7. The summed E-state index contributed by atoms with van der Waals surface area (Å²) in [7, 11) is 0. The number of hydrogen-bond acceptors (Lipinski definition) is 2. The van der Waals surface area contributed by atoms with Crippen molar-refractivity contribution in [1.29, 1.82) is 0 Å². The molecule has 0 N–H and O–H groups in total. The highest BCUT2D eigenvalue weighted by molar-refractivity contribution is 5.96. The third-order valence-electron chi connectivity index (χ3n) is 1.50. The van der Waals surface area contributed by atoms with E-state index in [1.54, 1.807) is 12.4 Å². The van der Waals surface area contributed by atoms with E-state index in [0.717, 1.165) is 11.3 Å². The summed E-state index contributed by atoms with van der Waals surface area (Å²) >= 11 is 0. The highest BCUT2D eigenvalue weighted by atomic mass is 14.7. The van der Waals surface area contributed by atoms with Crippen LogP contribution < -0.4 is 0 Å². The molecular weight excluding hydrogens is 184 g/mol. The van der Waals surface area contributed by atoms with Crippen molar-refractivity contribution < 1.29 is 0 Å². The quantitative estimate of drug-likeness (QED) is 0.686. The van der Waals surface area contributed by atoms with Crippen LogP contribution in [0.15, 0.2) is 48.4 Å². The van der Waals surface area contributed by atoms with E-state index in [-0.39, 0.29) is 0 Å². The van der Waals surface area contributed by atoms with Crippen LogP contribution in [-0.2, 0) is 0 Å². The smallest absolute Gasteiger partial charge is 0.0372 e. The Bertz CT molecular complexity index is 324. The topological polar surface area (TPSA) is 25.2 Å². The zero-order valence-electron chi connectivity index (χ0n) is 9.64. The van der Waals surface area contributed by atoms with Gasteiger partial charge >= 0.3 is 0 Å². The molecule has 0 aliphatic carbocycles. The van der Waals surface area contributed by atoms with Crippen LogP contribution in [0, 0.1) is 0 Å². The van der Waals surface area contributed by atoms with Gasteiger partial charge in [-0.25, -0.2) is 0 Å². The summed E-state index contributed by atoms with van der Waals surface area (Å²) in [6, 6.07) is 3.89. The van der Waals surface area contributed by atoms with Gasteiger partial charge in [-0.2, -0.15) is 0 Å². The second-order valence-electron chi connectivity index (χ2n) is 2.57. The maximum Gasteiger partial charge on any atom is 0.0372 e. The zero-order chi connectivity index (χ0) is 11.5. The van der Waals surface area contributed by atoms with Crippen molar-refractivity contribution in [3.63, 3.8) is 0 Å². The van der Waals surface area contributed by atoms with Crippen molar-refractivity contribution in [2.45, 2.75) is 20.8 Å². The van der Waals surface area contributed by atoms with Gasteiger partial charge in [-0.15, -0.1) is 0 Å². The third kappa shape index (κ3) is 6.38. The predicted molar refractivity (Wildman–Crippen MR) is 67.9 cm³/mol. The van der Waals surface area contributed by atoms with E-state index in [4.69, 9.17) is 0 Å². The first-order valence-corrected chi connectivity index (χ1v) is 5.06. The Balaban J connectivity index is 0.000000921. The monoisotopic (exact) mass is 202 g/mol. The lowest BCUT2D eigenvalue weighted by Crippen LogP contribution is -1.82. The van der Waals surface area contributed by atoms with Crippen LogP contribution in [0.3, 0.4) is 0 Å². The molecular formula is C13H18N2. The van der Waals surface area contributed by atoms with E-state index in [0.29, 0.717) is 0 Å². The molecule has 0 amide bonds. The van der Waals surface area contributed by atoms with E-state index >= 15 is 0 Å². The Kier molecular flexibility index (Phi) is 7.87. The van der Waals surface area contributed by atoms with Gasteiger partial charge in [-0.05, 0) is 24.6 Å². The van der Waals surface area contributed by atoms with Gasteiger partial charge < -0.3 is 0 Å². The lowest BCUT2D eigenvalue weighted by Gasteiger charge is -1.90. The fourth-order valence-corrected chi connectivity index (χ4v) is 0.878. The van der Waals surface area contributed by atoms with Crippen LogP contribution in [0.2, 0.25) is 0 Å². The summed E-state index contributed by atoms with van der Waals surface area (Å²) < 4.78 is 0. The average Bonchev–Trinajstić information content (AvgIpc) is 2.31. The summed E-state index contributed by atoms with van der Waals surface area (Å²) in [4.78, 5) is 8.01. The van der Waals surface area contributed by atoms with Gasteiger partial charge in [0.05, 0.1) is 0 Å². The molecule has 0 spiro atoms. The van der Waals surface area contributed by atoms with Crippen LogP contribution in [0.5, 0.6) is 0 Å². The van der Waals surface area contributed by atoms with E-state index in [9.17, 15) is 0 Å². The summed E-state index contributed by atoms with van der Waals surface area (Å²) in [6.45, 7) is 9.45. The second-order valence-corrected chi connectivity index (χ2v) is 2.57. The first-order chi connectivity index (χ1) is 7.33. The Morgan fingerprint density at radius 2 is 2.20 bits per heavy atom. The van der Waals surface area contributed by atoms with E-state index < -0.39 is 0 Å². The lowest BCUT2D eigenvalue weighted by atomic mass is 10.2. The maximum atomic E-state index is 4.01. The number of pyridine rings is 1. The van der Waals surface area contributed by atoms with Crippen molar-refractivity contribution in [2.75, 3.05) is 0 Å². The molecule has 0 aliphatic heterocycles. The number of hydrogen-bond donors (Lipinski definition) is 0. The van der Waals surface area contributed by atoms with Gasteiger partial charge in [0.15, 0.2) is 0 Å². The van der Waals surface area contributed by atoms with Crippen LogP contribution in [0.25, 0.3) is 6.08 Å². The number of aromatic nitrogens is 1. The highest BCUT2D eigenvalue weighted by Crippen LogP contribution is 1.98. The van der Waals surface area contributed by atoms with Gasteiger partial charge in [-0.3, -0.25) is 9.98 Å². The summed E-state index contributed by atoms with van der Waals surface area (Å²) in [6.07, 6.45) is 8.98. The molecule has 0 bridgehead atoms. The SMILES string of the molecule is C=CN=C(C)/C=C/c1cccnc1.CC. The van der Waals surface area contributed by atoms with Gasteiger partial charge in [0.1, 0.15) is 0 Å². The van der Waals surface area contributed by atoms with Crippen LogP contribution in [-0.4, -0.2) is 10.7 Å². The number of allylic oxidation sites excluding steroid dienone is 1.